The van der Waals surface area contributed by atoms with Crippen LogP contribution in [0.25, 0.3) is 0 Å². The SMILES string of the molecule is CC(C)(C)CCCC(=O)N1CCOC[C@H]1C#N. The monoisotopic (exact) mass is 238 g/mol. The second-order valence-electron chi connectivity index (χ2n) is 5.72. The number of morpholine rings is 1. The third kappa shape index (κ3) is 4.74. The van der Waals surface area contributed by atoms with Crippen molar-refractivity contribution in [2.45, 2.75) is 46.1 Å². The van der Waals surface area contributed by atoms with Gasteiger partial charge in [-0.05, 0) is 18.3 Å². The molecular weight excluding hydrogens is 216 g/mol. The van der Waals surface area contributed by atoms with Gasteiger partial charge in [0.2, 0.25) is 5.91 Å². The smallest absolute Gasteiger partial charge is 0.223 e. The van der Waals surface area contributed by atoms with E-state index < -0.39 is 6.04 Å². The zero-order valence-corrected chi connectivity index (χ0v) is 11.0. The Labute approximate surface area is 104 Å². The van der Waals surface area contributed by atoms with Crippen LogP contribution in [0, 0.1) is 16.7 Å². The molecule has 0 spiro atoms. The van der Waals surface area contributed by atoms with E-state index in [0.29, 0.717) is 26.2 Å². The Bertz CT molecular complexity index is 302. The molecule has 1 aliphatic rings. The lowest BCUT2D eigenvalue weighted by Crippen LogP contribution is -2.47. The molecule has 1 fully saturated rings. The quantitative estimate of drug-likeness (QED) is 0.755. The van der Waals surface area contributed by atoms with Crippen LogP contribution in [0.15, 0.2) is 0 Å². The number of nitrogens with zero attached hydrogens (tertiary/aromatic N) is 2. The van der Waals surface area contributed by atoms with Gasteiger partial charge < -0.3 is 9.64 Å². The first kappa shape index (κ1) is 14.0. The summed E-state index contributed by atoms with van der Waals surface area (Å²) in [4.78, 5) is 13.6. The van der Waals surface area contributed by atoms with E-state index in [2.05, 4.69) is 26.8 Å². The molecule has 1 aliphatic heterocycles. The Morgan fingerprint density at radius 1 is 1.53 bits per heavy atom. The Balaban J connectivity index is 2.38. The van der Waals surface area contributed by atoms with Gasteiger partial charge in [-0.1, -0.05) is 20.8 Å². The molecule has 4 heteroatoms. The fraction of sp³-hybridized carbons (Fsp3) is 0.846. The van der Waals surface area contributed by atoms with Crippen LogP contribution in [-0.2, 0) is 9.53 Å². The summed E-state index contributed by atoms with van der Waals surface area (Å²) in [7, 11) is 0. The summed E-state index contributed by atoms with van der Waals surface area (Å²) < 4.78 is 5.20. The lowest BCUT2D eigenvalue weighted by molar-refractivity contribution is -0.137. The molecule has 17 heavy (non-hydrogen) atoms. The standard InChI is InChI=1S/C13H22N2O2/c1-13(2,3)6-4-5-12(16)15-7-8-17-10-11(15)9-14/h11H,4-8,10H2,1-3H3/t11-/m1/s1. The van der Waals surface area contributed by atoms with Crippen LogP contribution >= 0.6 is 0 Å². The number of nitriles is 1. The normalized spacial score (nSPS) is 21.1. The topological polar surface area (TPSA) is 53.3 Å². The second kappa shape index (κ2) is 6.02. The van der Waals surface area contributed by atoms with Crippen molar-refractivity contribution in [3.05, 3.63) is 0 Å². The maximum Gasteiger partial charge on any atom is 0.223 e. The molecule has 1 rings (SSSR count). The highest BCUT2D eigenvalue weighted by molar-refractivity contribution is 5.77. The number of carbonyl (C=O) groups excluding carboxylic acids is 1. The summed E-state index contributed by atoms with van der Waals surface area (Å²) >= 11 is 0. The Morgan fingerprint density at radius 2 is 2.24 bits per heavy atom. The van der Waals surface area contributed by atoms with Crippen molar-refractivity contribution in [3.63, 3.8) is 0 Å². The van der Waals surface area contributed by atoms with Gasteiger partial charge in [-0.15, -0.1) is 0 Å². The van der Waals surface area contributed by atoms with Gasteiger partial charge in [0.05, 0.1) is 19.3 Å². The summed E-state index contributed by atoms with van der Waals surface area (Å²) in [6, 6.07) is 1.72. The lowest BCUT2D eigenvalue weighted by atomic mass is 9.90. The molecule has 96 valence electrons. The van der Waals surface area contributed by atoms with Crippen LogP contribution in [-0.4, -0.2) is 36.6 Å². The van der Waals surface area contributed by atoms with E-state index >= 15 is 0 Å². The van der Waals surface area contributed by atoms with Gasteiger partial charge >= 0.3 is 0 Å². The average molecular weight is 238 g/mol. The predicted molar refractivity (Wildman–Crippen MR) is 65.2 cm³/mol. The van der Waals surface area contributed by atoms with E-state index in [9.17, 15) is 4.79 Å². The molecule has 0 aromatic carbocycles. The first-order valence-corrected chi connectivity index (χ1v) is 6.21. The molecule has 0 bridgehead atoms. The van der Waals surface area contributed by atoms with Crippen molar-refractivity contribution in [1.29, 1.82) is 5.26 Å². The summed E-state index contributed by atoms with van der Waals surface area (Å²) in [6.45, 7) is 7.95. The van der Waals surface area contributed by atoms with Gasteiger partial charge in [0.25, 0.3) is 0 Å². The minimum atomic E-state index is -0.397. The average Bonchev–Trinajstić information content (AvgIpc) is 2.27. The molecule has 1 heterocycles. The van der Waals surface area contributed by atoms with Crippen LogP contribution in [0.1, 0.15) is 40.0 Å². The van der Waals surface area contributed by atoms with Gasteiger partial charge in [0.1, 0.15) is 6.04 Å². The summed E-state index contributed by atoms with van der Waals surface area (Å²) in [5.74, 6) is 0.0871. The van der Waals surface area contributed by atoms with E-state index in [1.807, 2.05) is 0 Å². The molecule has 0 aromatic rings. The van der Waals surface area contributed by atoms with Crippen LogP contribution < -0.4 is 0 Å². The fourth-order valence-electron chi connectivity index (χ4n) is 1.92. The zero-order chi connectivity index (χ0) is 12.9. The van der Waals surface area contributed by atoms with Crippen LogP contribution in [0.3, 0.4) is 0 Å². The highest BCUT2D eigenvalue weighted by Gasteiger charge is 2.26. The van der Waals surface area contributed by atoms with Gasteiger partial charge in [-0.25, -0.2) is 0 Å². The molecule has 0 aromatic heterocycles. The number of hydrogen-bond donors (Lipinski definition) is 0. The summed E-state index contributed by atoms with van der Waals surface area (Å²) in [6.07, 6.45) is 2.45. The highest BCUT2D eigenvalue weighted by atomic mass is 16.5. The van der Waals surface area contributed by atoms with Crippen LogP contribution in [0.5, 0.6) is 0 Å². The lowest BCUT2D eigenvalue weighted by Gasteiger charge is -2.31. The zero-order valence-electron chi connectivity index (χ0n) is 11.0. The largest absolute Gasteiger partial charge is 0.376 e. The maximum atomic E-state index is 12.0. The van der Waals surface area contributed by atoms with Crippen LogP contribution in [0.4, 0.5) is 0 Å². The van der Waals surface area contributed by atoms with Gasteiger partial charge in [0, 0.05) is 13.0 Å². The van der Waals surface area contributed by atoms with Crippen molar-refractivity contribution in [2.75, 3.05) is 19.8 Å². The molecule has 0 radical (unpaired) electrons. The molecule has 0 unspecified atom stereocenters. The van der Waals surface area contributed by atoms with Crippen molar-refractivity contribution in [2.24, 2.45) is 5.41 Å². The first-order valence-electron chi connectivity index (χ1n) is 6.21. The van der Waals surface area contributed by atoms with Crippen LogP contribution in [0.2, 0.25) is 0 Å². The van der Waals surface area contributed by atoms with Crippen molar-refractivity contribution >= 4 is 5.91 Å². The van der Waals surface area contributed by atoms with E-state index in [1.54, 1.807) is 4.90 Å². The Hall–Kier alpha value is -1.08. The predicted octanol–water partition coefficient (Wildman–Crippen LogP) is 1.95. The maximum absolute atomic E-state index is 12.0. The fourth-order valence-corrected chi connectivity index (χ4v) is 1.92. The van der Waals surface area contributed by atoms with Crippen molar-refractivity contribution in [1.82, 2.24) is 4.90 Å². The van der Waals surface area contributed by atoms with E-state index in [4.69, 9.17) is 10.00 Å². The van der Waals surface area contributed by atoms with Gasteiger partial charge in [0.15, 0.2) is 0 Å². The number of ether oxygens (including phenoxy) is 1. The molecule has 0 saturated carbocycles. The highest BCUT2D eigenvalue weighted by Crippen LogP contribution is 2.22. The molecule has 1 atom stereocenters. The number of hydrogen-bond acceptors (Lipinski definition) is 3. The van der Waals surface area contributed by atoms with E-state index in [1.165, 1.54) is 0 Å². The number of amides is 1. The molecular formula is C13H22N2O2. The molecule has 0 aliphatic carbocycles. The third-order valence-corrected chi connectivity index (χ3v) is 2.92. The molecule has 4 nitrogen and oxygen atoms in total. The molecule has 1 amide bonds. The van der Waals surface area contributed by atoms with Crippen molar-refractivity contribution < 1.29 is 9.53 Å². The Kier molecular flexibility index (Phi) is 4.95. The summed E-state index contributed by atoms with van der Waals surface area (Å²) in [5.41, 5.74) is 0.264. The molecule has 0 N–H and O–H groups in total. The Morgan fingerprint density at radius 3 is 2.82 bits per heavy atom. The summed E-state index contributed by atoms with van der Waals surface area (Å²) in [5, 5.41) is 8.94. The first-order chi connectivity index (χ1) is 7.94. The minimum Gasteiger partial charge on any atom is -0.376 e. The molecule has 1 saturated heterocycles. The number of rotatable bonds is 3. The third-order valence-electron chi connectivity index (χ3n) is 2.92. The van der Waals surface area contributed by atoms with E-state index in [0.717, 1.165) is 12.8 Å². The van der Waals surface area contributed by atoms with Gasteiger partial charge in [-0.3, -0.25) is 4.79 Å². The van der Waals surface area contributed by atoms with E-state index in [-0.39, 0.29) is 11.3 Å². The van der Waals surface area contributed by atoms with Crippen molar-refractivity contribution in [3.8, 4) is 6.07 Å². The second-order valence-corrected chi connectivity index (χ2v) is 5.72. The minimum absolute atomic E-state index is 0.0871. The number of carbonyl (C=O) groups is 1. The van der Waals surface area contributed by atoms with Gasteiger partial charge in [-0.2, -0.15) is 5.26 Å².